The van der Waals surface area contributed by atoms with E-state index >= 15 is 0 Å². The number of rotatable bonds is 5. The number of nitrogens with two attached hydrogens (primary N) is 1. The zero-order chi connectivity index (χ0) is 14.6. The second-order valence-corrected chi connectivity index (χ2v) is 4.55. The van der Waals surface area contributed by atoms with Gasteiger partial charge in [-0.15, -0.1) is 0 Å². The summed E-state index contributed by atoms with van der Waals surface area (Å²) in [5.74, 6) is -2.14. The fourth-order valence-electron chi connectivity index (χ4n) is 2.00. The summed E-state index contributed by atoms with van der Waals surface area (Å²) in [7, 11) is 0. The zero-order valence-corrected chi connectivity index (χ0v) is 10.7. The lowest BCUT2D eigenvalue weighted by atomic mass is 10.2. The van der Waals surface area contributed by atoms with E-state index in [0.29, 0.717) is 19.4 Å². The summed E-state index contributed by atoms with van der Waals surface area (Å²) in [6.07, 6.45) is 1.04. The van der Waals surface area contributed by atoms with Crippen molar-refractivity contribution in [1.29, 1.82) is 0 Å². The highest BCUT2D eigenvalue weighted by molar-refractivity contribution is 5.91. The predicted molar refractivity (Wildman–Crippen MR) is 65.0 cm³/mol. The van der Waals surface area contributed by atoms with Crippen molar-refractivity contribution in [3.8, 4) is 0 Å². The van der Waals surface area contributed by atoms with Crippen molar-refractivity contribution in [2.24, 2.45) is 5.73 Å². The number of aliphatic hydroxyl groups is 1. The van der Waals surface area contributed by atoms with Crippen molar-refractivity contribution in [2.45, 2.75) is 37.9 Å². The van der Waals surface area contributed by atoms with Crippen LogP contribution in [0.25, 0.3) is 0 Å². The van der Waals surface area contributed by atoms with Gasteiger partial charge in [0.05, 0.1) is 6.61 Å². The minimum absolute atomic E-state index is 0.363. The number of aliphatic carboxylic acids is 1. The van der Waals surface area contributed by atoms with E-state index in [-0.39, 0.29) is 0 Å². The lowest BCUT2D eigenvalue weighted by Gasteiger charge is -2.25. The molecule has 1 heterocycles. The number of carboxylic acids is 1. The lowest BCUT2D eigenvalue weighted by Crippen LogP contribution is -2.53. The van der Waals surface area contributed by atoms with Gasteiger partial charge >= 0.3 is 5.97 Å². The molecule has 0 aromatic carbocycles. The van der Waals surface area contributed by atoms with Crippen molar-refractivity contribution in [2.75, 3.05) is 13.2 Å². The molecule has 1 aliphatic heterocycles. The van der Waals surface area contributed by atoms with Gasteiger partial charge in [0.15, 0.2) is 0 Å². The molecule has 0 aromatic heterocycles. The van der Waals surface area contributed by atoms with Crippen molar-refractivity contribution >= 4 is 17.8 Å². The van der Waals surface area contributed by atoms with Crippen molar-refractivity contribution < 1.29 is 24.6 Å². The quantitative estimate of drug-likeness (QED) is 0.453. The molecular weight excluding hydrogens is 254 g/mol. The first kappa shape index (κ1) is 15.4. The Labute approximate surface area is 110 Å². The Bertz CT molecular complexity index is 373. The average molecular weight is 273 g/mol. The van der Waals surface area contributed by atoms with Crippen LogP contribution in [0.3, 0.4) is 0 Å². The van der Waals surface area contributed by atoms with Crippen LogP contribution < -0.4 is 11.1 Å². The third-order valence-electron chi connectivity index (χ3n) is 3.08. The number of likely N-dealkylation sites (tertiary alicyclic amines) is 1. The largest absolute Gasteiger partial charge is 0.480 e. The summed E-state index contributed by atoms with van der Waals surface area (Å²) >= 11 is 0. The van der Waals surface area contributed by atoms with Gasteiger partial charge in [-0.25, -0.2) is 4.79 Å². The van der Waals surface area contributed by atoms with Crippen LogP contribution in [0.15, 0.2) is 0 Å². The Morgan fingerprint density at radius 3 is 2.63 bits per heavy atom. The van der Waals surface area contributed by atoms with Crippen LogP contribution in [0.2, 0.25) is 0 Å². The minimum Gasteiger partial charge on any atom is -0.480 e. The van der Waals surface area contributed by atoms with E-state index in [1.165, 1.54) is 11.8 Å². The zero-order valence-electron chi connectivity index (χ0n) is 10.7. The average Bonchev–Trinajstić information content (AvgIpc) is 2.85. The van der Waals surface area contributed by atoms with Gasteiger partial charge < -0.3 is 26.2 Å². The molecule has 3 atom stereocenters. The molecule has 0 radical (unpaired) electrons. The molecule has 8 heteroatoms. The van der Waals surface area contributed by atoms with Crippen LogP contribution >= 0.6 is 0 Å². The maximum absolute atomic E-state index is 12.1. The monoisotopic (exact) mass is 273 g/mol. The van der Waals surface area contributed by atoms with E-state index in [0.717, 1.165) is 0 Å². The molecule has 5 N–H and O–H groups in total. The summed E-state index contributed by atoms with van der Waals surface area (Å²) < 4.78 is 0. The number of carboxylic acid groups (broad SMARTS) is 1. The second kappa shape index (κ2) is 6.48. The highest BCUT2D eigenvalue weighted by Crippen LogP contribution is 2.18. The van der Waals surface area contributed by atoms with Gasteiger partial charge in [-0.2, -0.15) is 0 Å². The maximum atomic E-state index is 12.1. The number of nitrogens with one attached hydrogen (secondary N) is 1. The number of hydrogen-bond acceptors (Lipinski definition) is 5. The molecule has 2 amide bonds. The number of carbonyl (C=O) groups excluding carboxylic acids is 2. The molecule has 0 aliphatic carbocycles. The van der Waals surface area contributed by atoms with E-state index in [9.17, 15) is 14.4 Å². The van der Waals surface area contributed by atoms with Crippen molar-refractivity contribution in [3.05, 3.63) is 0 Å². The molecular formula is C11H19N3O5. The molecule has 0 aromatic rings. The summed E-state index contributed by atoms with van der Waals surface area (Å²) in [5.41, 5.74) is 5.31. The second-order valence-electron chi connectivity index (χ2n) is 4.55. The summed E-state index contributed by atoms with van der Waals surface area (Å²) in [4.78, 5) is 35.7. The van der Waals surface area contributed by atoms with E-state index in [4.69, 9.17) is 15.9 Å². The van der Waals surface area contributed by atoms with Gasteiger partial charge in [0.1, 0.15) is 18.1 Å². The third kappa shape index (κ3) is 3.65. The van der Waals surface area contributed by atoms with E-state index in [1.807, 2.05) is 0 Å². The summed E-state index contributed by atoms with van der Waals surface area (Å²) in [5, 5.41) is 20.1. The molecule has 1 fully saturated rings. The van der Waals surface area contributed by atoms with Gasteiger partial charge in [0, 0.05) is 6.54 Å². The molecule has 0 bridgehead atoms. The smallest absolute Gasteiger partial charge is 0.326 e. The molecule has 8 nitrogen and oxygen atoms in total. The molecule has 0 unspecified atom stereocenters. The van der Waals surface area contributed by atoms with E-state index in [1.54, 1.807) is 0 Å². The number of amides is 2. The summed E-state index contributed by atoms with van der Waals surface area (Å²) in [6.45, 7) is 1.30. The molecule has 0 spiro atoms. The maximum Gasteiger partial charge on any atom is 0.326 e. The number of hydrogen-bond donors (Lipinski definition) is 4. The van der Waals surface area contributed by atoms with Crippen LogP contribution in [-0.2, 0) is 14.4 Å². The van der Waals surface area contributed by atoms with Crippen LogP contribution in [0.1, 0.15) is 19.8 Å². The van der Waals surface area contributed by atoms with E-state index < -0.39 is 42.5 Å². The van der Waals surface area contributed by atoms with Crippen LogP contribution in [0.4, 0.5) is 0 Å². The predicted octanol–water partition coefficient (Wildman–Crippen LogP) is -2.11. The van der Waals surface area contributed by atoms with Crippen molar-refractivity contribution in [1.82, 2.24) is 10.2 Å². The standard InChI is InChI=1S/C11H19N3O5/c1-6(13-9(16)7(12)5-15)10(17)14-4-2-3-8(14)11(18)19/h6-8,15H,2-5,12H2,1H3,(H,13,16)(H,18,19)/t6-,7-,8+/m0/s1. The Balaban J connectivity index is 2.62. The van der Waals surface area contributed by atoms with Crippen LogP contribution in [0, 0.1) is 0 Å². The Morgan fingerprint density at radius 1 is 1.47 bits per heavy atom. The highest BCUT2D eigenvalue weighted by Gasteiger charge is 2.36. The fourth-order valence-corrected chi connectivity index (χ4v) is 2.00. The Hall–Kier alpha value is -1.67. The molecule has 1 saturated heterocycles. The van der Waals surface area contributed by atoms with Gasteiger partial charge in [0.25, 0.3) is 0 Å². The number of nitrogens with zero attached hydrogens (tertiary/aromatic N) is 1. The van der Waals surface area contributed by atoms with Crippen LogP contribution in [0.5, 0.6) is 0 Å². The van der Waals surface area contributed by atoms with E-state index in [2.05, 4.69) is 5.32 Å². The van der Waals surface area contributed by atoms with Crippen molar-refractivity contribution in [3.63, 3.8) is 0 Å². The van der Waals surface area contributed by atoms with Gasteiger partial charge in [0.2, 0.25) is 11.8 Å². The number of aliphatic hydroxyl groups excluding tert-OH is 1. The van der Waals surface area contributed by atoms with Gasteiger partial charge in [-0.05, 0) is 19.8 Å². The summed E-state index contributed by atoms with van der Waals surface area (Å²) in [6, 6.07) is -2.80. The molecule has 1 rings (SSSR count). The topological polar surface area (TPSA) is 133 Å². The minimum atomic E-state index is -1.09. The molecule has 0 saturated carbocycles. The third-order valence-corrected chi connectivity index (χ3v) is 3.08. The highest BCUT2D eigenvalue weighted by atomic mass is 16.4. The Kier molecular flexibility index (Phi) is 5.25. The van der Waals surface area contributed by atoms with Gasteiger partial charge in [-0.1, -0.05) is 0 Å². The van der Waals surface area contributed by atoms with Gasteiger partial charge in [-0.3, -0.25) is 9.59 Å². The fraction of sp³-hybridized carbons (Fsp3) is 0.727. The first-order valence-electron chi connectivity index (χ1n) is 6.08. The molecule has 108 valence electrons. The lowest BCUT2D eigenvalue weighted by molar-refractivity contribution is -0.149. The normalized spacial score (nSPS) is 21.8. The first-order chi connectivity index (χ1) is 8.88. The Morgan fingerprint density at radius 2 is 2.11 bits per heavy atom. The SMILES string of the molecule is C[C@H](NC(=O)[C@@H](N)CO)C(=O)N1CCC[C@@H]1C(=O)O. The van der Waals surface area contributed by atoms with Crippen LogP contribution in [-0.4, -0.2) is 64.2 Å². The number of carbonyl (C=O) groups is 3. The molecule has 19 heavy (non-hydrogen) atoms. The molecule has 1 aliphatic rings. The first-order valence-corrected chi connectivity index (χ1v) is 6.08.